The first kappa shape index (κ1) is 14.9. The maximum atomic E-state index is 5.49. The van der Waals surface area contributed by atoms with Crippen molar-refractivity contribution in [3.05, 3.63) is 0 Å². The van der Waals surface area contributed by atoms with E-state index in [1.165, 1.54) is 0 Å². The summed E-state index contributed by atoms with van der Waals surface area (Å²) in [4.78, 5) is 0. The second-order valence-corrected chi connectivity index (χ2v) is 4.92. The fourth-order valence-electron chi connectivity index (χ4n) is 1.78. The minimum absolute atomic E-state index is 0.602. The first-order chi connectivity index (χ1) is 8.29. The van der Waals surface area contributed by atoms with Crippen molar-refractivity contribution < 1.29 is 14.2 Å². The monoisotopic (exact) mass is 245 g/mol. The lowest BCUT2D eigenvalue weighted by atomic mass is 10.1. The quantitative estimate of drug-likeness (QED) is 0.624. The summed E-state index contributed by atoms with van der Waals surface area (Å²) >= 11 is 0. The second-order valence-electron chi connectivity index (χ2n) is 4.92. The maximum Gasteiger partial charge on any atom is 0.0701 e. The molecule has 1 saturated heterocycles. The highest BCUT2D eigenvalue weighted by Gasteiger charge is 2.11. The zero-order valence-corrected chi connectivity index (χ0v) is 11.2. The molecule has 1 fully saturated rings. The van der Waals surface area contributed by atoms with E-state index in [1.54, 1.807) is 0 Å². The number of nitrogens with one attached hydrogen (secondary N) is 1. The summed E-state index contributed by atoms with van der Waals surface area (Å²) in [5.74, 6) is 0.602. The van der Waals surface area contributed by atoms with Gasteiger partial charge < -0.3 is 19.5 Å². The van der Waals surface area contributed by atoms with E-state index < -0.39 is 0 Å². The fraction of sp³-hybridized carbons (Fsp3) is 1.00. The van der Waals surface area contributed by atoms with E-state index in [0.717, 1.165) is 45.8 Å². The molecule has 0 radical (unpaired) electrons. The lowest BCUT2D eigenvalue weighted by Crippen LogP contribution is -2.36. The Balaban J connectivity index is 1.78. The number of hydrogen-bond donors (Lipinski definition) is 1. The third-order valence-electron chi connectivity index (χ3n) is 2.72. The van der Waals surface area contributed by atoms with Gasteiger partial charge in [0.05, 0.1) is 19.8 Å². The van der Waals surface area contributed by atoms with Crippen molar-refractivity contribution in [2.45, 2.75) is 32.7 Å². The minimum Gasteiger partial charge on any atom is -0.381 e. The molecule has 0 aromatic rings. The Morgan fingerprint density at radius 1 is 1.12 bits per heavy atom. The summed E-state index contributed by atoms with van der Waals surface area (Å²) in [6.45, 7) is 10.00. The molecule has 0 spiro atoms. The molecule has 0 amide bonds. The van der Waals surface area contributed by atoms with E-state index in [0.29, 0.717) is 25.2 Å². The Bertz CT molecular complexity index is 170. The molecule has 17 heavy (non-hydrogen) atoms. The molecule has 0 unspecified atom stereocenters. The van der Waals surface area contributed by atoms with Gasteiger partial charge in [-0.2, -0.15) is 0 Å². The van der Waals surface area contributed by atoms with Gasteiger partial charge in [-0.15, -0.1) is 0 Å². The van der Waals surface area contributed by atoms with Gasteiger partial charge in [-0.3, -0.25) is 0 Å². The van der Waals surface area contributed by atoms with E-state index in [1.807, 2.05) is 0 Å². The van der Waals surface area contributed by atoms with E-state index in [9.17, 15) is 0 Å². The molecule has 0 aromatic carbocycles. The second kappa shape index (κ2) is 9.83. The maximum absolute atomic E-state index is 5.49. The Hall–Kier alpha value is -0.160. The summed E-state index contributed by atoms with van der Waals surface area (Å²) in [6.07, 6.45) is 2.25. The average Bonchev–Trinajstić information content (AvgIpc) is 2.33. The SMILES string of the molecule is CC(C)COCCOCCNC1CCOCC1. The molecule has 4 nitrogen and oxygen atoms in total. The molecule has 0 atom stereocenters. The Morgan fingerprint density at radius 2 is 1.82 bits per heavy atom. The van der Waals surface area contributed by atoms with Gasteiger partial charge in [-0.25, -0.2) is 0 Å². The highest BCUT2D eigenvalue weighted by molar-refractivity contribution is 4.69. The standard InChI is InChI=1S/C13H27NO3/c1-12(2)11-17-10-9-16-8-5-14-13-3-6-15-7-4-13/h12-14H,3-11H2,1-2H3. The van der Waals surface area contributed by atoms with E-state index in [4.69, 9.17) is 14.2 Å². The van der Waals surface area contributed by atoms with E-state index in [-0.39, 0.29) is 0 Å². The molecule has 1 heterocycles. The van der Waals surface area contributed by atoms with Crippen LogP contribution in [-0.2, 0) is 14.2 Å². The van der Waals surface area contributed by atoms with Gasteiger partial charge in [-0.05, 0) is 18.8 Å². The molecule has 1 N–H and O–H groups in total. The first-order valence-electron chi connectivity index (χ1n) is 6.75. The third kappa shape index (κ3) is 8.55. The Kier molecular flexibility index (Phi) is 8.61. The van der Waals surface area contributed by atoms with Crippen molar-refractivity contribution in [1.82, 2.24) is 5.32 Å². The summed E-state index contributed by atoms with van der Waals surface area (Å²) in [6, 6.07) is 0.615. The van der Waals surface area contributed by atoms with E-state index >= 15 is 0 Å². The normalized spacial score (nSPS) is 17.8. The average molecular weight is 245 g/mol. The van der Waals surface area contributed by atoms with Crippen molar-refractivity contribution in [2.75, 3.05) is 46.2 Å². The first-order valence-corrected chi connectivity index (χ1v) is 6.75. The summed E-state index contributed by atoms with van der Waals surface area (Å²) in [7, 11) is 0. The number of hydrogen-bond acceptors (Lipinski definition) is 4. The number of rotatable bonds is 9. The molecule has 4 heteroatoms. The van der Waals surface area contributed by atoms with Crippen LogP contribution in [0.25, 0.3) is 0 Å². The van der Waals surface area contributed by atoms with Gasteiger partial charge >= 0.3 is 0 Å². The molecule has 0 aromatic heterocycles. The molecule has 102 valence electrons. The zero-order valence-electron chi connectivity index (χ0n) is 11.2. The van der Waals surface area contributed by atoms with Gasteiger partial charge in [-0.1, -0.05) is 13.8 Å². The molecule has 1 aliphatic rings. The molecular formula is C13H27NO3. The van der Waals surface area contributed by atoms with Crippen molar-refractivity contribution in [2.24, 2.45) is 5.92 Å². The van der Waals surface area contributed by atoms with Gasteiger partial charge in [0.2, 0.25) is 0 Å². The topological polar surface area (TPSA) is 39.7 Å². The van der Waals surface area contributed by atoms with Crippen LogP contribution >= 0.6 is 0 Å². The lowest BCUT2D eigenvalue weighted by molar-refractivity contribution is 0.0356. The largest absolute Gasteiger partial charge is 0.381 e. The van der Waals surface area contributed by atoms with Gasteiger partial charge in [0, 0.05) is 32.4 Å². The van der Waals surface area contributed by atoms with E-state index in [2.05, 4.69) is 19.2 Å². The molecule has 0 saturated carbocycles. The van der Waals surface area contributed by atoms with Crippen LogP contribution in [0.3, 0.4) is 0 Å². The molecular weight excluding hydrogens is 218 g/mol. The van der Waals surface area contributed by atoms with Crippen LogP contribution in [0, 0.1) is 5.92 Å². The van der Waals surface area contributed by atoms with Crippen molar-refractivity contribution in [1.29, 1.82) is 0 Å². The van der Waals surface area contributed by atoms with Crippen molar-refractivity contribution in [3.63, 3.8) is 0 Å². The van der Waals surface area contributed by atoms with Gasteiger partial charge in [0.1, 0.15) is 0 Å². The van der Waals surface area contributed by atoms with Crippen LogP contribution < -0.4 is 5.32 Å². The smallest absolute Gasteiger partial charge is 0.0701 e. The number of ether oxygens (including phenoxy) is 3. The van der Waals surface area contributed by atoms with Crippen LogP contribution in [-0.4, -0.2) is 52.2 Å². The minimum atomic E-state index is 0.602. The van der Waals surface area contributed by atoms with Crippen LogP contribution in [0.4, 0.5) is 0 Å². The highest BCUT2D eigenvalue weighted by Crippen LogP contribution is 2.05. The van der Waals surface area contributed by atoms with Crippen LogP contribution in [0.5, 0.6) is 0 Å². The Labute approximate surface area is 105 Å². The lowest BCUT2D eigenvalue weighted by Gasteiger charge is -2.23. The molecule has 1 rings (SSSR count). The van der Waals surface area contributed by atoms with Crippen LogP contribution in [0.1, 0.15) is 26.7 Å². The van der Waals surface area contributed by atoms with Crippen LogP contribution in [0.15, 0.2) is 0 Å². The third-order valence-corrected chi connectivity index (χ3v) is 2.72. The summed E-state index contributed by atoms with van der Waals surface area (Å²) < 4.78 is 16.2. The van der Waals surface area contributed by atoms with Gasteiger partial charge in [0.15, 0.2) is 0 Å². The van der Waals surface area contributed by atoms with Crippen molar-refractivity contribution >= 4 is 0 Å². The molecule has 1 aliphatic heterocycles. The predicted molar refractivity (Wildman–Crippen MR) is 68.3 cm³/mol. The predicted octanol–water partition coefficient (Wildman–Crippen LogP) is 1.44. The van der Waals surface area contributed by atoms with Crippen LogP contribution in [0.2, 0.25) is 0 Å². The fourth-order valence-corrected chi connectivity index (χ4v) is 1.78. The molecule has 0 aliphatic carbocycles. The zero-order chi connectivity index (χ0) is 12.3. The summed E-state index contributed by atoms with van der Waals surface area (Å²) in [5.41, 5.74) is 0. The molecule has 0 bridgehead atoms. The highest BCUT2D eigenvalue weighted by atomic mass is 16.5. The van der Waals surface area contributed by atoms with Crippen molar-refractivity contribution in [3.8, 4) is 0 Å². The Morgan fingerprint density at radius 3 is 2.53 bits per heavy atom. The van der Waals surface area contributed by atoms with Gasteiger partial charge in [0.25, 0.3) is 0 Å². The summed E-state index contributed by atoms with van der Waals surface area (Å²) in [5, 5.41) is 3.48.